The molecule has 1 aromatic heterocycles. The van der Waals surface area contributed by atoms with Crippen molar-refractivity contribution in [2.24, 2.45) is 5.73 Å². The first-order chi connectivity index (χ1) is 5.11. The van der Waals surface area contributed by atoms with Crippen molar-refractivity contribution in [2.45, 2.75) is 19.9 Å². The Labute approximate surface area is 75.0 Å². The summed E-state index contributed by atoms with van der Waals surface area (Å²) in [5.41, 5.74) is 7.88. The van der Waals surface area contributed by atoms with Gasteiger partial charge in [0.2, 0.25) is 0 Å². The highest BCUT2D eigenvalue weighted by atomic mass is 79.9. The highest BCUT2D eigenvalue weighted by Crippen LogP contribution is 2.16. The third-order valence-corrected chi connectivity index (χ3v) is 2.39. The van der Waals surface area contributed by atoms with Gasteiger partial charge in [-0.05, 0) is 40.9 Å². The molecule has 0 saturated heterocycles. The Hall–Kier alpha value is -0.410. The third-order valence-electron chi connectivity index (χ3n) is 1.56. The molecule has 2 N–H and O–H groups in total. The second kappa shape index (κ2) is 3.32. The fraction of sp³-hybridized carbons (Fsp3) is 0.375. The number of nitrogens with two attached hydrogens (primary N) is 1. The molecule has 1 rings (SSSR count). The average molecular weight is 215 g/mol. The van der Waals surface area contributed by atoms with Crippen LogP contribution in [0.15, 0.2) is 16.9 Å². The van der Waals surface area contributed by atoms with Crippen LogP contribution in [-0.4, -0.2) is 4.98 Å². The van der Waals surface area contributed by atoms with E-state index in [1.807, 2.05) is 19.9 Å². The predicted octanol–water partition coefficient (Wildman–Crippen LogP) is 2.17. The summed E-state index contributed by atoms with van der Waals surface area (Å²) in [6.07, 6.45) is 1.79. The number of hydrogen-bond donors (Lipinski definition) is 1. The second-order valence-electron chi connectivity index (χ2n) is 2.67. The quantitative estimate of drug-likeness (QED) is 0.729. The molecule has 0 aliphatic heterocycles. The van der Waals surface area contributed by atoms with E-state index in [1.54, 1.807) is 6.20 Å². The molecule has 0 aliphatic carbocycles. The van der Waals surface area contributed by atoms with Crippen molar-refractivity contribution in [1.29, 1.82) is 0 Å². The van der Waals surface area contributed by atoms with Crippen LogP contribution in [-0.2, 0) is 0 Å². The monoisotopic (exact) mass is 214 g/mol. The number of halogens is 1. The largest absolute Gasteiger partial charge is 0.324 e. The standard InChI is InChI=1S/C8H11BrN2/c1-5-3-7(6(2)10)4-11-8(5)9/h3-4,6H,10H2,1-2H3/t6-/m1/s1. The zero-order valence-electron chi connectivity index (χ0n) is 6.63. The zero-order valence-corrected chi connectivity index (χ0v) is 8.22. The number of rotatable bonds is 1. The first-order valence-corrected chi connectivity index (χ1v) is 4.28. The summed E-state index contributed by atoms with van der Waals surface area (Å²) in [4.78, 5) is 4.14. The van der Waals surface area contributed by atoms with Gasteiger partial charge in [-0.25, -0.2) is 4.98 Å². The maximum absolute atomic E-state index is 5.68. The summed E-state index contributed by atoms with van der Waals surface area (Å²) in [6, 6.07) is 2.11. The molecule has 11 heavy (non-hydrogen) atoms. The van der Waals surface area contributed by atoms with E-state index in [0.717, 1.165) is 15.7 Å². The number of aromatic nitrogens is 1. The van der Waals surface area contributed by atoms with Gasteiger partial charge in [0.05, 0.1) is 0 Å². The van der Waals surface area contributed by atoms with Crippen LogP contribution in [0.25, 0.3) is 0 Å². The van der Waals surface area contributed by atoms with Gasteiger partial charge in [0.1, 0.15) is 4.60 Å². The van der Waals surface area contributed by atoms with E-state index >= 15 is 0 Å². The fourth-order valence-electron chi connectivity index (χ4n) is 0.829. The number of aryl methyl sites for hydroxylation is 1. The number of hydrogen-bond acceptors (Lipinski definition) is 2. The lowest BCUT2D eigenvalue weighted by molar-refractivity contribution is 0.808. The molecule has 0 fully saturated rings. The Morgan fingerprint density at radius 1 is 1.64 bits per heavy atom. The zero-order chi connectivity index (χ0) is 8.43. The minimum Gasteiger partial charge on any atom is -0.324 e. The molecule has 0 amide bonds. The topological polar surface area (TPSA) is 38.9 Å². The lowest BCUT2D eigenvalue weighted by atomic mass is 10.1. The molecule has 2 nitrogen and oxygen atoms in total. The predicted molar refractivity (Wildman–Crippen MR) is 49.3 cm³/mol. The molecule has 0 radical (unpaired) electrons. The summed E-state index contributed by atoms with van der Waals surface area (Å²) >= 11 is 3.33. The highest BCUT2D eigenvalue weighted by molar-refractivity contribution is 9.10. The van der Waals surface area contributed by atoms with Crippen LogP contribution in [0, 0.1) is 6.92 Å². The number of pyridine rings is 1. The maximum Gasteiger partial charge on any atom is 0.108 e. The van der Waals surface area contributed by atoms with E-state index in [1.165, 1.54) is 0 Å². The molecular weight excluding hydrogens is 204 g/mol. The molecule has 0 spiro atoms. The van der Waals surface area contributed by atoms with Gasteiger partial charge in [-0.2, -0.15) is 0 Å². The third kappa shape index (κ3) is 2.01. The van der Waals surface area contributed by atoms with Crippen LogP contribution in [0.3, 0.4) is 0 Å². The normalized spacial score (nSPS) is 13.1. The van der Waals surface area contributed by atoms with Gasteiger partial charge in [0, 0.05) is 12.2 Å². The van der Waals surface area contributed by atoms with Crippen LogP contribution < -0.4 is 5.73 Å². The SMILES string of the molecule is Cc1cc([C@@H](C)N)cnc1Br. The molecule has 1 heterocycles. The second-order valence-corrected chi connectivity index (χ2v) is 3.42. The molecule has 0 saturated carbocycles. The van der Waals surface area contributed by atoms with E-state index < -0.39 is 0 Å². The fourth-order valence-corrected chi connectivity index (χ4v) is 1.05. The lowest BCUT2D eigenvalue weighted by Crippen LogP contribution is -2.05. The molecule has 0 bridgehead atoms. The van der Waals surface area contributed by atoms with Crippen molar-refractivity contribution in [2.75, 3.05) is 0 Å². The van der Waals surface area contributed by atoms with Crippen LogP contribution in [0.1, 0.15) is 24.1 Å². The van der Waals surface area contributed by atoms with Crippen molar-refractivity contribution in [3.8, 4) is 0 Å². The summed E-state index contributed by atoms with van der Waals surface area (Å²) < 4.78 is 0.891. The van der Waals surface area contributed by atoms with Gasteiger partial charge < -0.3 is 5.73 Å². The molecule has 1 aromatic rings. The van der Waals surface area contributed by atoms with Crippen molar-refractivity contribution in [3.63, 3.8) is 0 Å². The maximum atomic E-state index is 5.68. The van der Waals surface area contributed by atoms with Gasteiger partial charge in [0.15, 0.2) is 0 Å². The van der Waals surface area contributed by atoms with Crippen molar-refractivity contribution >= 4 is 15.9 Å². The first kappa shape index (κ1) is 8.68. The Bertz CT molecular complexity index is 258. The lowest BCUT2D eigenvalue weighted by Gasteiger charge is -2.05. The molecular formula is C8H11BrN2. The summed E-state index contributed by atoms with van der Waals surface area (Å²) in [7, 11) is 0. The van der Waals surface area contributed by atoms with E-state index in [9.17, 15) is 0 Å². The smallest absolute Gasteiger partial charge is 0.108 e. The molecule has 0 aromatic carbocycles. The van der Waals surface area contributed by atoms with Gasteiger partial charge in [0.25, 0.3) is 0 Å². The van der Waals surface area contributed by atoms with Crippen LogP contribution in [0.5, 0.6) is 0 Å². The molecule has 60 valence electrons. The van der Waals surface area contributed by atoms with E-state index in [0.29, 0.717) is 0 Å². The van der Waals surface area contributed by atoms with Gasteiger partial charge in [-0.3, -0.25) is 0 Å². The first-order valence-electron chi connectivity index (χ1n) is 3.49. The Kier molecular flexibility index (Phi) is 2.62. The highest BCUT2D eigenvalue weighted by Gasteiger charge is 2.01. The van der Waals surface area contributed by atoms with Crippen molar-refractivity contribution in [1.82, 2.24) is 4.98 Å². The Balaban J connectivity index is 3.05. The van der Waals surface area contributed by atoms with Crippen LogP contribution in [0.4, 0.5) is 0 Å². The Morgan fingerprint density at radius 3 is 2.73 bits per heavy atom. The molecule has 3 heteroatoms. The van der Waals surface area contributed by atoms with Gasteiger partial charge >= 0.3 is 0 Å². The average Bonchev–Trinajstić information content (AvgIpc) is 1.94. The summed E-state index contributed by atoms with van der Waals surface area (Å²) in [5.74, 6) is 0. The van der Waals surface area contributed by atoms with Gasteiger partial charge in [-0.15, -0.1) is 0 Å². The van der Waals surface area contributed by atoms with E-state index in [2.05, 4.69) is 20.9 Å². The molecule has 1 atom stereocenters. The van der Waals surface area contributed by atoms with Crippen molar-refractivity contribution in [3.05, 3.63) is 28.0 Å². The van der Waals surface area contributed by atoms with Crippen molar-refractivity contribution < 1.29 is 0 Å². The molecule has 0 aliphatic rings. The van der Waals surface area contributed by atoms with Gasteiger partial charge in [-0.1, -0.05) is 6.07 Å². The van der Waals surface area contributed by atoms with E-state index in [4.69, 9.17) is 5.73 Å². The van der Waals surface area contributed by atoms with Crippen LogP contribution in [0.2, 0.25) is 0 Å². The minimum absolute atomic E-state index is 0.0642. The summed E-state index contributed by atoms with van der Waals surface area (Å²) in [5, 5.41) is 0. The molecule has 0 unspecified atom stereocenters. The summed E-state index contributed by atoms with van der Waals surface area (Å²) in [6.45, 7) is 3.95. The minimum atomic E-state index is 0.0642. The number of nitrogens with zero attached hydrogens (tertiary/aromatic N) is 1. The van der Waals surface area contributed by atoms with Crippen LogP contribution >= 0.6 is 15.9 Å². The van der Waals surface area contributed by atoms with E-state index in [-0.39, 0.29) is 6.04 Å². The Morgan fingerprint density at radius 2 is 2.27 bits per heavy atom.